The van der Waals surface area contributed by atoms with Crippen LogP contribution >= 0.6 is 0 Å². The van der Waals surface area contributed by atoms with E-state index in [0.717, 1.165) is 31.4 Å². The quantitative estimate of drug-likeness (QED) is 0.917. The van der Waals surface area contributed by atoms with Crippen LogP contribution in [0.2, 0.25) is 0 Å². The van der Waals surface area contributed by atoms with E-state index in [9.17, 15) is 4.79 Å². The molecule has 0 bridgehead atoms. The van der Waals surface area contributed by atoms with E-state index in [1.165, 1.54) is 10.9 Å². The molecule has 1 atom stereocenters. The molecule has 0 aliphatic carbocycles. The van der Waals surface area contributed by atoms with E-state index in [-0.39, 0.29) is 5.91 Å². The number of nitrogens with two attached hydrogens (primary N) is 1. The highest BCUT2D eigenvalue weighted by atomic mass is 16.1. The number of primary amides is 1. The van der Waals surface area contributed by atoms with Crippen molar-refractivity contribution in [1.29, 1.82) is 0 Å². The smallest absolute Gasteiger partial charge is 0.231 e. The Hall–Kier alpha value is -1.94. The lowest BCUT2D eigenvalue weighted by Gasteiger charge is -2.14. The van der Waals surface area contributed by atoms with Gasteiger partial charge in [-0.1, -0.05) is 12.1 Å². The van der Waals surface area contributed by atoms with Gasteiger partial charge in [0, 0.05) is 18.1 Å². The molecule has 1 aliphatic heterocycles. The number of rotatable bonds is 4. The van der Waals surface area contributed by atoms with Crippen molar-refractivity contribution in [3.8, 4) is 0 Å². The minimum Gasteiger partial charge on any atom is -0.369 e. The predicted molar refractivity (Wildman–Crippen MR) is 79.2 cm³/mol. The molecule has 1 aromatic carbocycles. The Morgan fingerprint density at radius 3 is 3.15 bits per heavy atom. The van der Waals surface area contributed by atoms with E-state index in [2.05, 4.69) is 34.1 Å². The highest BCUT2D eigenvalue weighted by Gasteiger charge is 2.23. The fourth-order valence-corrected chi connectivity index (χ4v) is 3.03. The molecular weight excluding hydrogens is 250 g/mol. The summed E-state index contributed by atoms with van der Waals surface area (Å²) in [7, 11) is 0. The van der Waals surface area contributed by atoms with Crippen LogP contribution in [-0.2, 0) is 11.2 Å². The monoisotopic (exact) mass is 269 g/mol. The lowest BCUT2D eigenvalue weighted by atomic mass is 9.97. The number of nitrogens with zero attached hydrogens (tertiary/aromatic N) is 2. The third-order valence-corrected chi connectivity index (χ3v) is 3.94. The number of aromatic nitrogens is 1. The Labute approximate surface area is 118 Å². The van der Waals surface area contributed by atoms with Gasteiger partial charge in [0.15, 0.2) is 0 Å². The third kappa shape index (κ3) is 2.96. The molecular formula is C16H19N3O. The number of carbonyl (C=O) groups excluding carboxylic acids is 1. The Morgan fingerprint density at radius 2 is 2.30 bits per heavy atom. The molecule has 104 valence electrons. The standard InChI is InChI=1S/C16H19N3O/c17-16(20)11-19-7-5-13(10-19)8-12-3-4-15-14(9-12)2-1-6-18-15/h1-4,6,9,13H,5,7-8,10-11H2,(H2,17,20)/t13-/m0/s1. The van der Waals surface area contributed by atoms with Crippen LogP contribution in [0.15, 0.2) is 36.5 Å². The first kappa shape index (κ1) is 13.1. The van der Waals surface area contributed by atoms with Crippen molar-refractivity contribution >= 4 is 16.8 Å². The number of fused-ring (bicyclic) bond motifs is 1. The van der Waals surface area contributed by atoms with Crippen molar-refractivity contribution < 1.29 is 4.79 Å². The Balaban J connectivity index is 1.66. The first-order valence-electron chi connectivity index (χ1n) is 7.05. The second kappa shape index (κ2) is 5.59. The number of pyridine rings is 1. The number of likely N-dealkylation sites (tertiary alicyclic amines) is 1. The van der Waals surface area contributed by atoms with Crippen molar-refractivity contribution in [3.63, 3.8) is 0 Å². The Bertz CT molecular complexity index is 626. The summed E-state index contributed by atoms with van der Waals surface area (Å²) in [5.41, 5.74) is 7.63. The van der Waals surface area contributed by atoms with Gasteiger partial charge in [-0.3, -0.25) is 14.7 Å². The molecule has 0 unspecified atom stereocenters. The maximum atomic E-state index is 10.9. The maximum Gasteiger partial charge on any atom is 0.231 e. The maximum absolute atomic E-state index is 10.9. The highest BCUT2D eigenvalue weighted by molar-refractivity contribution is 5.79. The molecule has 1 fully saturated rings. The van der Waals surface area contributed by atoms with E-state index < -0.39 is 0 Å². The van der Waals surface area contributed by atoms with E-state index in [4.69, 9.17) is 5.73 Å². The number of carbonyl (C=O) groups is 1. The molecule has 1 aromatic heterocycles. The summed E-state index contributed by atoms with van der Waals surface area (Å²) in [6.07, 6.45) is 4.01. The summed E-state index contributed by atoms with van der Waals surface area (Å²) in [5, 5.41) is 1.19. The normalized spacial score (nSPS) is 19.5. The summed E-state index contributed by atoms with van der Waals surface area (Å²) in [6.45, 7) is 2.33. The van der Waals surface area contributed by atoms with E-state index in [1.54, 1.807) is 0 Å². The van der Waals surface area contributed by atoms with Crippen molar-refractivity contribution in [2.75, 3.05) is 19.6 Å². The van der Waals surface area contributed by atoms with Crippen LogP contribution in [0.25, 0.3) is 10.9 Å². The largest absolute Gasteiger partial charge is 0.369 e. The first-order chi connectivity index (χ1) is 9.70. The highest BCUT2D eigenvalue weighted by Crippen LogP contribution is 2.22. The third-order valence-electron chi connectivity index (χ3n) is 3.94. The lowest BCUT2D eigenvalue weighted by molar-refractivity contribution is -0.118. The molecule has 1 saturated heterocycles. The van der Waals surface area contributed by atoms with Gasteiger partial charge in [-0.2, -0.15) is 0 Å². The zero-order valence-corrected chi connectivity index (χ0v) is 11.5. The van der Waals surface area contributed by atoms with E-state index in [1.807, 2.05) is 12.3 Å². The molecule has 4 heteroatoms. The SMILES string of the molecule is NC(=O)CN1CC[C@@H](Cc2ccc3ncccc3c2)C1. The second-order valence-electron chi connectivity index (χ2n) is 5.59. The molecule has 2 aromatic rings. The van der Waals surface area contributed by atoms with Crippen LogP contribution < -0.4 is 5.73 Å². The van der Waals surface area contributed by atoms with Gasteiger partial charge in [-0.15, -0.1) is 0 Å². The average molecular weight is 269 g/mol. The Kier molecular flexibility index (Phi) is 3.65. The zero-order valence-electron chi connectivity index (χ0n) is 11.5. The number of amides is 1. The van der Waals surface area contributed by atoms with Gasteiger partial charge in [-0.25, -0.2) is 0 Å². The fraction of sp³-hybridized carbons (Fsp3) is 0.375. The molecule has 2 N–H and O–H groups in total. The van der Waals surface area contributed by atoms with Crippen LogP contribution in [0, 0.1) is 5.92 Å². The van der Waals surface area contributed by atoms with Crippen molar-refractivity contribution in [2.24, 2.45) is 11.7 Å². The van der Waals surface area contributed by atoms with Gasteiger partial charge < -0.3 is 5.73 Å². The van der Waals surface area contributed by atoms with Crippen LogP contribution in [0.4, 0.5) is 0 Å². The van der Waals surface area contributed by atoms with Gasteiger partial charge in [-0.05, 0) is 49.1 Å². The number of hydrogen-bond donors (Lipinski definition) is 1. The van der Waals surface area contributed by atoms with Crippen LogP contribution in [0.5, 0.6) is 0 Å². The van der Waals surface area contributed by atoms with Gasteiger partial charge in [0.25, 0.3) is 0 Å². The molecule has 3 rings (SSSR count). The molecule has 1 aliphatic rings. The predicted octanol–water partition coefficient (Wildman–Crippen LogP) is 1.58. The minimum atomic E-state index is -0.234. The zero-order chi connectivity index (χ0) is 13.9. The summed E-state index contributed by atoms with van der Waals surface area (Å²) in [4.78, 5) is 17.4. The summed E-state index contributed by atoms with van der Waals surface area (Å²) in [5.74, 6) is 0.380. The van der Waals surface area contributed by atoms with Gasteiger partial charge in [0.05, 0.1) is 12.1 Å². The lowest BCUT2D eigenvalue weighted by Crippen LogP contribution is -2.32. The van der Waals surface area contributed by atoms with Gasteiger partial charge in [0.2, 0.25) is 5.91 Å². The first-order valence-corrected chi connectivity index (χ1v) is 7.05. The van der Waals surface area contributed by atoms with Crippen molar-refractivity contribution in [2.45, 2.75) is 12.8 Å². The minimum absolute atomic E-state index is 0.234. The van der Waals surface area contributed by atoms with Crippen LogP contribution in [0.1, 0.15) is 12.0 Å². The topological polar surface area (TPSA) is 59.2 Å². The van der Waals surface area contributed by atoms with Crippen molar-refractivity contribution in [3.05, 3.63) is 42.1 Å². The molecule has 20 heavy (non-hydrogen) atoms. The van der Waals surface area contributed by atoms with Gasteiger partial charge >= 0.3 is 0 Å². The summed E-state index contributed by atoms with van der Waals surface area (Å²) >= 11 is 0. The second-order valence-corrected chi connectivity index (χ2v) is 5.59. The van der Waals surface area contributed by atoms with E-state index >= 15 is 0 Å². The van der Waals surface area contributed by atoms with Crippen molar-refractivity contribution in [1.82, 2.24) is 9.88 Å². The van der Waals surface area contributed by atoms with Crippen LogP contribution in [-0.4, -0.2) is 35.4 Å². The van der Waals surface area contributed by atoms with E-state index in [0.29, 0.717) is 12.5 Å². The van der Waals surface area contributed by atoms with Gasteiger partial charge in [0.1, 0.15) is 0 Å². The molecule has 0 spiro atoms. The Morgan fingerprint density at radius 1 is 1.40 bits per heavy atom. The molecule has 1 amide bonds. The molecule has 0 radical (unpaired) electrons. The molecule has 4 nitrogen and oxygen atoms in total. The fourth-order valence-electron chi connectivity index (χ4n) is 3.03. The average Bonchev–Trinajstić information content (AvgIpc) is 2.85. The summed E-state index contributed by atoms with van der Waals surface area (Å²) < 4.78 is 0. The molecule has 2 heterocycles. The van der Waals surface area contributed by atoms with Crippen LogP contribution in [0.3, 0.4) is 0 Å². The number of hydrogen-bond acceptors (Lipinski definition) is 3. The summed E-state index contributed by atoms with van der Waals surface area (Å²) in [6, 6.07) is 10.5. The molecule has 0 saturated carbocycles. The number of benzene rings is 1.